The predicted octanol–water partition coefficient (Wildman–Crippen LogP) is 3.67. The van der Waals surface area contributed by atoms with Gasteiger partial charge in [0, 0.05) is 0 Å². The van der Waals surface area contributed by atoms with Crippen LogP contribution in [0.2, 0.25) is 19.6 Å². The Hall–Kier alpha value is -1.79. The number of benzene rings is 2. The van der Waals surface area contributed by atoms with Gasteiger partial charge in [0.2, 0.25) is 8.32 Å². The van der Waals surface area contributed by atoms with E-state index in [0.717, 1.165) is 0 Å². The van der Waals surface area contributed by atoms with E-state index in [2.05, 4.69) is 19.6 Å². The van der Waals surface area contributed by atoms with Crippen LogP contribution in [0, 0.1) is 0 Å². The number of hydrogen-bond acceptors (Lipinski definition) is 4. The molecule has 0 bridgehead atoms. The largest absolute Gasteiger partial charge is 0.544 e. The van der Waals surface area contributed by atoms with E-state index >= 15 is 0 Å². The quantitative estimate of drug-likeness (QED) is 0.622. The van der Waals surface area contributed by atoms with Crippen molar-refractivity contribution in [2.45, 2.75) is 24.5 Å². The monoisotopic (exact) mass is 322 g/mol. The van der Waals surface area contributed by atoms with Crippen LogP contribution in [-0.4, -0.2) is 16.7 Å². The first-order chi connectivity index (χ1) is 9.76. The Morgan fingerprint density at radius 2 is 1.38 bits per heavy atom. The van der Waals surface area contributed by atoms with Gasteiger partial charge in [0.1, 0.15) is 16.4 Å². The van der Waals surface area contributed by atoms with Gasteiger partial charge in [-0.05, 0) is 56.0 Å². The van der Waals surface area contributed by atoms with Crippen LogP contribution in [0.25, 0.3) is 0 Å². The molecular weight excluding hydrogens is 304 g/mol. The lowest BCUT2D eigenvalue weighted by molar-refractivity contribution is 0.486. The van der Waals surface area contributed by atoms with E-state index in [1.807, 2.05) is 0 Å². The minimum Gasteiger partial charge on any atom is -0.544 e. The lowest BCUT2D eigenvalue weighted by Crippen LogP contribution is -2.29. The van der Waals surface area contributed by atoms with Crippen LogP contribution < -0.4 is 8.61 Å². The van der Waals surface area contributed by atoms with Crippen molar-refractivity contribution in [3.05, 3.63) is 54.6 Å². The Kier molecular flexibility index (Phi) is 4.39. The van der Waals surface area contributed by atoms with Crippen LogP contribution in [0.3, 0.4) is 0 Å². The molecule has 0 heterocycles. The molecule has 4 nitrogen and oxygen atoms in total. The molecule has 0 unspecified atom stereocenters. The number of rotatable bonds is 5. The van der Waals surface area contributed by atoms with Gasteiger partial charge in [-0.15, -0.1) is 0 Å². The van der Waals surface area contributed by atoms with Crippen LogP contribution in [-0.2, 0) is 10.1 Å². The average Bonchev–Trinajstić information content (AvgIpc) is 2.38. The van der Waals surface area contributed by atoms with Crippen molar-refractivity contribution in [2.24, 2.45) is 0 Å². The first-order valence-corrected chi connectivity index (χ1v) is 11.4. The molecule has 0 aliphatic rings. The van der Waals surface area contributed by atoms with Crippen LogP contribution in [0.5, 0.6) is 11.5 Å². The summed E-state index contributed by atoms with van der Waals surface area (Å²) in [6.45, 7) is 6.20. The number of para-hydroxylation sites is 1. The van der Waals surface area contributed by atoms with E-state index in [1.54, 1.807) is 42.5 Å². The number of hydrogen-bond donors (Lipinski definition) is 0. The van der Waals surface area contributed by atoms with Crippen LogP contribution in [0.1, 0.15) is 0 Å². The van der Waals surface area contributed by atoms with Crippen molar-refractivity contribution >= 4 is 18.4 Å². The Morgan fingerprint density at radius 1 is 0.810 bits per heavy atom. The highest BCUT2D eigenvalue weighted by atomic mass is 32.2. The molecule has 0 amide bonds. The minimum atomic E-state index is -3.82. The molecule has 112 valence electrons. The van der Waals surface area contributed by atoms with E-state index in [0.29, 0.717) is 11.5 Å². The van der Waals surface area contributed by atoms with E-state index in [9.17, 15) is 8.42 Å². The molecular formula is C15H18O4SSi. The van der Waals surface area contributed by atoms with Crippen molar-refractivity contribution in [3.63, 3.8) is 0 Å². The zero-order valence-corrected chi connectivity index (χ0v) is 14.1. The highest BCUT2D eigenvalue weighted by molar-refractivity contribution is 7.87. The van der Waals surface area contributed by atoms with Crippen molar-refractivity contribution in [1.29, 1.82) is 0 Å². The van der Waals surface area contributed by atoms with Gasteiger partial charge in [0.05, 0.1) is 0 Å². The minimum absolute atomic E-state index is 0.106. The molecule has 0 aliphatic carbocycles. The summed E-state index contributed by atoms with van der Waals surface area (Å²) in [7, 11) is -5.52. The molecule has 0 radical (unpaired) electrons. The zero-order chi connectivity index (χ0) is 15.5. The molecule has 0 spiro atoms. The summed E-state index contributed by atoms with van der Waals surface area (Å²) in [5, 5.41) is 0. The average molecular weight is 322 g/mol. The molecule has 21 heavy (non-hydrogen) atoms. The first kappa shape index (κ1) is 15.6. The van der Waals surface area contributed by atoms with Gasteiger partial charge in [0.15, 0.2) is 0 Å². The molecule has 2 aromatic carbocycles. The molecule has 0 aromatic heterocycles. The molecule has 0 aliphatic heterocycles. The van der Waals surface area contributed by atoms with Crippen LogP contribution in [0.15, 0.2) is 59.5 Å². The molecule has 0 atom stereocenters. The second kappa shape index (κ2) is 5.91. The summed E-state index contributed by atoms with van der Waals surface area (Å²) < 4.78 is 35.1. The van der Waals surface area contributed by atoms with Gasteiger partial charge < -0.3 is 8.61 Å². The van der Waals surface area contributed by atoms with Gasteiger partial charge >= 0.3 is 10.1 Å². The maximum absolute atomic E-state index is 12.1. The Balaban J connectivity index is 2.18. The summed E-state index contributed by atoms with van der Waals surface area (Å²) in [6.07, 6.45) is 0. The van der Waals surface area contributed by atoms with E-state index in [-0.39, 0.29) is 4.90 Å². The van der Waals surface area contributed by atoms with Crippen molar-refractivity contribution < 1.29 is 17.0 Å². The third kappa shape index (κ3) is 4.61. The third-order valence-corrected chi connectivity index (χ3v) is 4.60. The van der Waals surface area contributed by atoms with Crippen LogP contribution >= 0.6 is 0 Å². The summed E-state index contributed by atoms with van der Waals surface area (Å²) in [5.41, 5.74) is 0. The maximum Gasteiger partial charge on any atom is 0.339 e. The third-order valence-electron chi connectivity index (χ3n) is 2.49. The van der Waals surface area contributed by atoms with Gasteiger partial charge in [-0.25, -0.2) is 0 Å². The lowest BCUT2D eigenvalue weighted by Gasteiger charge is -2.19. The fourth-order valence-corrected chi connectivity index (χ4v) is 3.45. The predicted molar refractivity (Wildman–Crippen MR) is 84.7 cm³/mol. The summed E-state index contributed by atoms with van der Waals surface area (Å²) in [5.74, 6) is 0.966. The standard InChI is InChI=1S/C15H18O4SSi/c1-21(2,3)19-14-9-11-15(12-10-14)20(16,17)18-13-7-5-4-6-8-13/h4-12H,1-3H3. The SMILES string of the molecule is C[Si](C)(C)Oc1ccc(S(=O)(=O)Oc2ccccc2)cc1. The second-order valence-corrected chi connectivity index (χ2v) is 11.5. The Labute approximate surface area is 126 Å². The molecule has 0 N–H and O–H groups in total. The van der Waals surface area contributed by atoms with E-state index in [1.165, 1.54) is 12.1 Å². The maximum atomic E-state index is 12.1. The molecule has 0 saturated carbocycles. The smallest absolute Gasteiger partial charge is 0.339 e. The molecule has 0 fully saturated rings. The lowest BCUT2D eigenvalue weighted by atomic mass is 10.3. The van der Waals surface area contributed by atoms with Crippen molar-refractivity contribution in [2.75, 3.05) is 0 Å². The fourth-order valence-electron chi connectivity index (χ4n) is 1.68. The fraction of sp³-hybridized carbons (Fsp3) is 0.200. The highest BCUT2D eigenvalue weighted by Gasteiger charge is 2.19. The normalized spacial score (nSPS) is 12.0. The van der Waals surface area contributed by atoms with Gasteiger partial charge in [-0.2, -0.15) is 8.42 Å². The van der Waals surface area contributed by atoms with Gasteiger partial charge in [-0.3, -0.25) is 0 Å². The molecule has 2 rings (SSSR count). The second-order valence-electron chi connectivity index (χ2n) is 5.54. The van der Waals surface area contributed by atoms with Crippen molar-refractivity contribution in [3.8, 4) is 11.5 Å². The topological polar surface area (TPSA) is 52.6 Å². The van der Waals surface area contributed by atoms with Gasteiger partial charge in [0.25, 0.3) is 0 Å². The summed E-state index contributed by atoms with van der Waals surface area (Å²) in [4.78, 5) is 0.106. The highest BCUT2D eigenvalue weighted by Crippen LogP contribution is 2.22. The Bertz CT molecular complexity index is 689. The molecule has 6 heteroatoms. The molecule has 2 aromatic rings. The van der Waals surface area contributed by atoms with Gasteiger partial charge in [-0.1, -0.05) is 18.2 Å². The van der Waals surface area contributed by atoms with E-state index < -0.39 is 18.4 Å². The zero-order valence-electron chi connectivity index (χ0n) is 12.2. The van der Waals surface area contributed by atoms with Crippen molar-refractivity contribution in [1.82, 2.24) is 0 Å². The van der Waals surface area contributed by atoms with E-state index in [4.69, 9.17) is 8.61 Å². The summed E-state index contributed by atoms with van der Waals surface area (Å²) in [6, 6.07) is 14.7. The summed E-state index contributed by atoms with van der Waals surface area (Å²) >= 11 is 0. The Morgan fingerprint density at radius 3 is 1.90 bits per heavy atom. The first-order valence-electron chi connectivity index (χ1n) is 6.55. The van der Waals surface area contributed by atoms with Crippen LogP contribution in [0.4, 0.5) is 0 Å². The molecule has 0 saturated heterocycles.